The van der Waals surface area contributed by atoms with E-state index in [4.69, 9.17) is 5.73 Å². The van der Waals surface area contributed by atoms with Gasteiger partial charge in [0.2, 0.25) is 0 Å². The largest absolute Gasteiger partial charge is 0.351 e. The highest BCUT2D eigenvalue weighted by Gasteiger charge is 2.10. The van der Waals surface area contributed by atoms with Gasteiger partial charge in [-0.1, -0.05) is 0 Å². The molecule has 1 amide bonds. The first-order valence-electron chi connectivity index (χ1n) is 3.40. The summed E-state index contributed by atoms with van der Waals surface area (Å²) in [5, 5.41) is 0. The van der Waals surface area contributed by atoms with Crippen molar-refractivity contribution in [3.05, 3.63) is 23.0 Å². The minimum atomic E-state index is -0.856. The molecule has 7 heteroatoms. The fourth-order valence-corrected chi connectivity index (χ4v) is 1.07. The van der Waals surface area contributed by atoms with Crippen LogP contribution in [0, 0.1) is 0 Å². The summed E-state index contributed by atoms with van der Waals surface area (Å²) in [6, 6.07) is -0.856. The molecule has 0 saturated carbocycles. The predicted molar refractivity (Wildman–Crippen MR) is 43.1 cm³/mol. The van der Waals surface area contributed by atoms with Crippen LogP contribution in [0.2, 0.25) is 0 Å². The SMILES string of the molecule is NC(=O)n1c(=O)[nH]c2ncncc21. The second kappa shape index (κ2) is 2.41. The van der Waals surface area contributed by atoms with Crippen LogP contribution in [-0.4, -0.2) is 25.6 Å². The number of H-pyrrole nitrogens is 1. The van der Waals surface area contributed by atoms with Gasteiger partial charge in [0.25, 0.3) is 0 Å². The average molecular weight is 179 g/mol. The van der Waals surface area contributed by atoms with Crippen molar-refractivity contribution >= 4 is 17.2 Å². The van der Waals surface area contributed by atoms with Gasteiger partial charge in [-0.2, -0.15) is 0 Å². The number of fused-ring (bicyclic) bond motifs is 1. The van der Waals surface area contributed by atoms with E-state index < -0.39 is 11.7 Å². The molecule has 2 aromatic heterocycles. The quantitative estimate of drug-likeness (QED) is 0.543. The Hall–Kier alpha value is -2.18. The fourth-order valence-electron chi connectivity index (χ4n) is 1.07. The maximum absolute atomic E-state index is 11.1. The molecule has 0 spiro atoms. The van der Waals surface area contributed by atoms with Crippen LogP contribution in [0.15, 0.2) is 17.3 Å². The highest BCUT2D eigenvalue weighted by molar-refractivity contribution is 5.85. The molecule has 0 unspecified atom stereocenters. The molecule has 0 fully saturated rings. The van der Waals surface area contributed by atoms with Crippen molar-refractivity contribution < 1.29 is 4.79 Å². The van der Waals surface area contributed by atoms with Crippen molar-refractivity contribution in [3.63, 3.8) is 0 Å². The van der Waals surface area contributed by atoms with Gasteiger partial charge in [0.1, 0.15) is 11.8 Å². The number of nitrogens with zero attached hydrogens (tertiary/aromatic N) is 3. The lowest BCUT2D eigenvalue weighted by Crippen LogP contribution is -2.29. The third-order valence-corrected chi connectivity index (χ3v) is 1.58. The van der Waals surface area contributed by atoms with Gasteiger partial charge in [0.15, 0.2) is 5.65 Å². The molecule has 0 aliphatic carbocycles. The van der Waals surface area contributed by atoms with Gasteiger partial charge in [-0.3, -0.25) is 4.98 Å². The molecular weight excluding hydrogens is 174 g/mol. The van der Waals surface area contributed by atoms with Crippen molar-refractivity contribution in [1.82, 2.24) is 19.5 Å². The van der Waals surface area contributed by atoms with E-state index in [1.165, 1.54) is 12.5 Å². The Kier molecular flexibility index (Phi) is 1.38. The zero-order chi connectivity index (χ0) is 9.42. The molecule has 2 rings (SSSR count). The summed E-state index contributed by atoms with van der Waals surface area (Å²) in [4.78, 5) is 31.7. The van der Waals surface area contributed by atoms with Gasteiger partial charge in [0.05, 0.1) is 6.20 Å². The lowest BCUT2D eigenvalue weighted by molar-refractivity contribution is 0.250. The standard InChI is InChI=1S/C6H5N5O2/c7-5(12)11-3-1-8-2-9-4(3)10-6(11)13/h1-2H,(H2,7,12)(H,8,9,10,13). The number of rotatable bonds is 0. The number of hydrogen-bond acceptors (Lipinski definition) is 4. The summed E-state index contributed by atoms with van der Waals surface area (Å²) in [7, 11) is 0. The molecule has 2 aromatic rings. The molecule has 0 radical (unpaired) electrons. The monoisotopic (exact) mass is 179 g/mol. The number of nitrogens with two attached hydrogens (primary N) is 1. The number of nitrogens with one attached hydrogen (secondary N) is 1. The van der Waals surface area contributed by atoms with Crippen LogP contribution < -0.4 is 11.4 Å². The van der Waals surface area contributed by atoms with Gasteiger partial charge in [-0.15, -0.1) is 0 Å². The number of imidazole rings is 1. The van der Waals surface area contributed by atoms with Gasteiger partial charge in [0, 0.05) is 0 Å². The van der Waals surface area contributed by atoms with Gasteiger partial charge < -0.3 is 5.73 Å². The number of hydrogen-bond donors (Lipinski definition) is 2. The number of carbonyl (C=O) groups is 1. The summed E-state index contributed by atoms with van der Waals surface area (Å²) >= 11 is 0. The molecule has 0 saturated heterocycles. The van der Waals surface area contributed by atoms with Crippen molar-refractivity contribution in [1.29, 1.82) is 0 Å². The Morgan fingerprint density at radius 3 is 3.08 bits per heavy atom. The first-order valence-corrected chi connectivity index (χ1v) is 3.40. The van der Waals surface area contributed by atoms with Crippen LogP contribution in [-0.2, 0) is 0 Å². The van der Waals surface area contributed by atoms with E-state index in [9.17, 15) is 9.59 Å². The van der Waals surface area contributed by atoms with E-state index in [1.54, 1.807) is 0 Å². The number of aromatic nitrogens is 4. The van der Waals surface area contributed by atoms with Crippen molar-refractivity contribution in [2.75, 3.05) is 0 Å². The third kappa shape index (κ3) is 0.975. The first kappa shape index (κ1) is 7.47. The molecule has 0 aromatic carbocycles. The van der Waals surface area contributed by atoms with Gasteiger partial charge in [-0.25, -0.2) is 24.1 Å². The van der Waals surface area contributed by atoms with E-state index in [0.717, 1.165) is 4.57 Å². The Balaban J connectivity index is 2.95. The van der Waals surface area contributed by atoms with E-state index in [1.807, 2.05) is 0 Å². The zero-order valence-electron chi connectivity index (χ0n) is 6.39. The smallest absolute Gasteiger partial charge is 0.336 e. The molecule has 0 aliphatic heterocycles. The minimum absolute atomic E-state index is 0.278. The molecule has 2 heterocycles. The van der Waals surface area contributed by atoms with Crippen molar-refractivity contribution in [2.45, 2.75) is 0 Å². The molecule has 0 aliphatic rings. The normalized spacial score (nSPS) is 10.5. The van der Waals surface area contributed by atoms with Crippen LogP contribution in [0.5, 0.6) is 0 Å². The summed E-state index contributed by atoms with van der Waals surface area (Å²) in [6.45, 7) is 0. The molecule has 66 valence electrons. The first-order chi connectivity index (χ1) is 6.20. The second-order valence-electron chi connectivity index (χ2n) is 2.36. The maximum atomic E-state index is 11.1. The summed E-state index contributed by atoms with van der Waals surface area (Å²) in [5.41, 5.74) is 4.93. The second-order valence-corrected chi connectivity index (χ2v) is 2.36. The van der Waals surface area contributed by atoms with Gasteiger partial charge >= 0.3 is 11.7 Å². The number of primary amides is 1. The maximum Gasteiger partial charge on any atom is 0.336 e. The fraction of sp³-hybridized carbons (Fsp3) is 0. The molecule has 3 N–H and O–H groups in total. The Bertz CT molecular complexity index is 525. The Labute approximate surface area is 71.2 Å². The van der Waals surface area contributed by atoms with Crippen LogP contribution >= 0.6 is 0 Å². The van der Waals surface area contributed by atoms with E-state index in [-0.39, 0.29) is 5.52 Å². The average Bonchev–Trinajstić information content (AvgIpc) is 2.39. The highest BCUT2D eigenvalue weighted by Crippen LogP contribution is 2.02. The Morgan fingerprint density at radius 2 is 2.38 bits per heavy atom. The number of carbonyl (C=O) groups excluding carboxylic acids is 1. The Morgan fingerprint density at radius 1 is 1.62 bits per heavy atom. The number of amides is 1. The lowest BCUT2D eigenvalue weighted by Gasteiger charge is -1.92. The molecule has 0 bridgehead atoms. The summed E-state index contributed by atoms with van der Waals surface area (Å²) in [5.74, 6) is 0. The van der Waals surface area contributed by atoms with Crippen LogP contribution in [0.1, 0.15) is 0 Å². The summed E-state index contributed by atoms with van der Waals surface area (Å²) in [6.07, 6.45) is 2.61. The van der Waals surface area contributed by atoms with Crippen LogP contribution in [0.4, 0.5) is 4.79 Å². The van der Waals surface area contributed by atoms with Gasteiger partial charge in [-0.05, 0) is 0 Å². The van der Waals surface area contributed by atoms with E-state index in [2.05, 4.69) is 15.0 Å². The van der Waals surface area contributed by atoms with Crippen molar-refractivity contribution in [3.8, 4) is 0 Å². The van der Waals surface area contributed by atoms with Crippen molar-refractivity contribution in [2.24, 2.45) is 5.73 Å². The minimum Gasteiger partial charge on any atom is -0.351 e. The van der Waals surface area contributed by atoms with E-state index in [0.29, 0.717) is 5.65 Å². The van der Waals surface area contributed by atoms with Crippen LogP contribution in [0.3, 0.4) is 0 Å². The van der Waals surface area contributed by atoms with Crippen LogP contribution in [0.25, 0.3) is 11.2 Å². The number of aromatic amines is 1. The highest BCUT2D eigenvalue weighted by atomic mass is 16.2. The molecule has 13 heavy (non-hydrogen) atoms. The topological polar surface area (TPSA) is 107 Å². The summed E-state index contributed by atoms with van der Waals surface area (Å²) < 4.78 is 0.773. The lowest BCUT2D eigenvalue weighted by atomic mass is 10.5. The molecule has 0 atom stereocenters. The predicted octanol–water partition coefficient (Wildman–Crippen LogP) is -0.954. The third-order valence-electron chi connectivity index (χ3n) is 1.58. The molecule has 7 nitrogen and oxygen atoms in total. The zero-order valence-corrected chi connectivity index (χ0v) is 6.39. The van der Waals surface area contributed by atoms with E-state index >= 15 is 0 Å². The molecular formula is C6H5N5O2.